The van der Waals surface area contributed by atoms with Crippen LogP contribution < -0.4 is 10.5 Å². The number of benzene rings is 1. The molecule has 1 aromatic carbocycles. The standard InChI is InChI=1S/C11H11BrFN3O/c1-16-3-2-8(15-16)6-17-11-9(12)4-7(13)5-10(11)14/h2-5H,6,14H2,1H3. The van der Waals surface area contributed by atoms with Gasteiger partial charge in [-0.05, 0) is 28.1 Å². The van der Waals surface area contributed by atoms with Crippen LogP contribution in [-0.4, -0.2) is 9.78 Å². The third kappa shape index (κ3) is 2.76. The number of nitrogens with zero attached hydrogens (tertiary/aromatic N) is 2. The monoisotopic (exact) mass is 299 g/mol. The first-order chi connectivity index (χ1) is 8.06. The van der Waals surface area contributed by atoms with Crippen LogP contribution in [0.4, 0.5) is 10.1 Å². The van der Waals surface area contributed by atoms with Crippen LogP contribution in [0.5, 0.6) is 5.75 Å². The first kappa shape index (κ1) is 11.9. The second kappa shape index (κ2) is 4.75. The lowest BCUT2D eigenvalue weighted by Gasteiger charge is -2.09. The van der Waals surface area contributed by atoms with Crippen molar-refractivity contribution in [3.63, 3.8) is 0 Å². The van der Waals surface area contributed by atoms with Gasteiger partial charge in [0.05, 0.1) is 15.9 Å². The molecule has 1 heterocycles. The predicted molar refractivity (Wildman–Crippen MR) is 66.1 cm³/mol. The molecule has 0 unspecified atom stereocenters. The number of rotatable bonds is 3. The van der Waals surface area contributed by atoms with Crippen molar-refractivity contribution in [2.45, 2.75) is 6.61 Å². The minimum atomic E-state index is -0.403. The molecule has 0 saturated heterocycles. The van der Waals surface area contributed by atoms with E-state index in [9.17, 15) is 4.39 Å². The maximum absolute atomic E-state index is 13.0. The molecule has 1 aromatic heterocycles. The Bertz CT molecular complexity index is 518. The molecular weight excluding hydrogens is 289 g/mol. The number of hydrogen-bond donors (Lipinski definition) is 1. The van der Waals surface area contributed by atoms with E-state index in [4.69, 9.17) is 10.5 Å². The van der Waals surface area contributed by atoms with Gasteiger partial charge < -0.3 is 10.5 Å². The lowest BCUT2D eigenvalue weighted by molar-refractivity contribution is 0.299. The molecule has 0 fully saturated rings. The second-order valence-electron chi connectivity index (χ2n) is 3.58. The number of halogens is 2. The van der Waals surface area contributed by atoms with E-state index in [1.807, 2.05) is 19.3 Å². The molecule has 0 aliphatic carbocycles. The largest absolute Gasteiger partial charge is 0.484 e. The smallest absolute Gasteiger partial charge is 0.157 e. The van der Waals surface area contributed by atoms with Crippen LogP contribution in [-0.2, 0) is 13.7 Å². The summed E-state index contributed by atoms with van der Waals surface area (Å²) >= 11 is 3.21. The van der Waals surface area contributed by atoms with Gasteiger partial charge in [-0.15, -0.1) is 0 Å². The highest BCUT2D eigenvalue weighted by molar-refractivity contribution is 9.10. The van der Waals surface area contributed by atoms with Gasteiger partial charge in [-0.25, -0.2) is 4.39 Å². The van der Waals surface area contributed by atoms with E-state index in [0.717, 1.165) is 5.69 Å². The Balaban J connectivity index is 2.14. The molecule has 0 aliphatic heterocycles. The number of aryl methyl sites for hydroxylation is 1. The van der Waals surface area contributed by atoms with Crippen molar-refractivity contribution in [2.24, 2.45) is 7.05 Å². The van der Waals surface area contributed by atoms with E-state index >= 15 is 0 Å². The highest BCUT2D eigenvalue weighted by Crippen LogP contribution is 2.32. The quantitative estimate of drug-likeness (QED) is 0.886. The molecule has 0 saturated carbocycles. The van der Waals surface area contributed by atoms with Crippen molar-refractivity contribution < 1.29 is 9.13 Å². The average Bonchev–Trinajstić information content (AvgIpc) is 2.62. The topological polar surface area (TPSA) is 53.1 Å². The van der Waals surface area contributed by atoms with E-state index in [0.29, 0.717) is 10.2 Å². The zero-order chi connectivity index (χ0) is 12.4. The first-order valence-corrected chi connectivity index (χ1v) is 5.71. The van der Waals surface area contributed by atoms with Crippen LogP contribution in [0.2, 0.25) is 0 Å². The molecule has 0 aliphatic rings. The van der Waals surface area contributed by atoms with Crippen LogP contribution in [0.15, 0.2) is 28.9 Å². The van der Waals surface area contributed by atoms with Gasteiger partial charge in [0, 0.05) is 19.3 Å². The molecule has 2 N–H and O–H groups in total. The van der Waals surface area contributed by atoms with E-state index in [1.54, 1.807) is 4.68 Å². The second-order valence-corrected chi connectivity index (χ2v) is 4.43. The predicted octanol–water partition coefficient (Wildman–Crippen LogP) is 2.48. The van der Waals surface area contributed by atoms with Gasteiger partial charge in [0.1, 0.15) is 12.4 Å². The third-order valence-electron chi connectivity index (χ3n) is 2.17. The molecule has 0 spiro atoms. The zero-order valence-corrected chi connectivity index (χ0v) is 10.7. The molecule has 4 nitrogen and oxygen atoms in total. The number of anilines is 1. The summed E-state index contributed by atoms with van der Waals surface area (Å²) < 4.78 is 20.7. The van der Waals surface area contributed by atoms with E-state index in [2.05, 4.69) is 21.0 Å². The minimum Gasteiger partial charge on any atom is -0.484 e. The molecule has 90 valence electrons. The van der Waals surface area contributed by atoms with Crippen molar-refractivity contribution in [1.29, 1.82) is 0 Å². The van der Waals surface area contributed by atoms with Gasteiger partial charge in [-0.1, -0.05) is 0 Å². The zero-order valence-electron chi connectivity index (χ0n) is 9.15. The summed E-state index contributed by atoms with van der Waals surface area (Å²) in [4.78, 5) is 0. The molecule has 17 heavy (non-hydrogen) atoms. The Morgan fingerprint density at radius 1 is 1.53 bits per heavy atom. The Kier molecular flexibility index (Phi) is 3.33. The molecule has 0 amide bonds. The summed E-state index contributed by atoms with van der Waals surface area (Å²) in [6, 6.07) is 4.37. The summed E-state index contributed by atoms with van der Waals surface area (Å²) in [6.07, 6.45) is 1.82. The van der Waals surface area contributed by atoms with Crippen LogP contribution in [0, 0.1) is 5.82 Å². The summed E-state index contributed by atoms with van der Waals surface area (Å²) in [5.41, 5.74) is 6.71. The van der Waals surface area contributed by atoms with Gasteiger partial charge in [0.25, 0.3) is 0 Å². The van der Waals surface area contributed by atoms with Gasteiger partial charge in [0.15, 0.2) is 5.75 Å². The lowest BCUT2D eigenvalue weighted by Crippen LogP contribution is -2.01. The SMILES string of the molecule is Cn1ccc(COc2c(N)cc(F)cc2Br)n1. The fraction of sp³-hybridized carbons (Fsp3) is 0.182. The Hall–Kier alpha value is -1.56. The summed E-state index contributed by atoms with van der Waals surface area (Å²) in [6.45, 7) is 0.287. The van der Waals surface area contributed by atoms with E-state index < -0.39 is 5.82 Å². The van der Waals surface area contributed by atoms with E-state index in [1.165, 1.54) is 12.1 Å². The van der Waals surface area contributed by atoms with Crippen molar-refractivity contribution in [1.82, 2.24) is 9.78 Å². The number of aromatic nitrogens is 2. The Morgan fingerprint density at radius 3 is 2.88 bits per heavy atom. The van der Waals surface area contributed by atoms with Crippen molar-refractivity contribution in [3.8, 4) is 5.75 Å². The fourth-order valence-corrected chi connectivity index (χ4v) is 1.98. The van der Waals surface area contributed by atoms with Crippen LogP contribution in [0.25, 0.3) is 0 Å². The van der Waals surface area contributed by atoms with Gasteiger partial charge >= 0.3 is 0 Å². The summed E-state index contributed by atoms with van der Waals surface area (Å²) in [5.74, 6) is 0.0246. The first-order valence-electron chi connectivity index (χ1n) is 4.92. The molecule has 2 rings (SSSR count). The highest BCUT2D eigenvalue weighted by atomic mass is 79.9. The number of nitrogen functional groups attached to an aromatic ring is 1. The van der Waals surface area contributed by atoms with Crippen LogP contribution in [0.1, 0.15) is 5.69 Å². The Labute approximate surface area is 106 Å². The molecule has 2 aromatic rings. The summed E-state index contributed by atoms with van der Waals surface area (Å²) in [7, 11) is 1.83. The van der Waals surface area contributed by atoms with Crippen molar-refractivity contribution in [3.05, 3.63) is 40.4 Å². The summed E-state index contributed by atoms with van der Waals surface area (Å²) in [5, 5.41) is 4.16. The number of nitrogens with two attached hydrogens (primary N) is 1. The number of ether oxygens (including phenoxy) is 1. The highest BCUT2D eigenvalue weighted by Gasteiger charge is 2.09. The molecule has 0 radical (unpaired) electrons. The van der Waals surface area contributed by atoms with E-state index in [-0.39, 0.29) is 12.3 Å². The van der Waals surface area contributed by atoms with Gasteiger partial charge in [-0.3, -0.25) is 4.68 Å². The molecule has 0 bridgehead atoms. The van der Waals surface area contributed by atoms with Crippen LogP contribution >= 0.6 is 15.9 Å². The maximum Gasteiger partial charge on any atom is 0.157 e. The molecule has 0 atom stereocenters. The maximum atomic E-state index is 13.0. The van der Waals surface area contributed by atoms with Crippen LogP contribution in [0.3, 0.4) is 0 Å². The fourth-order valence-electron chi connectivity index (χ4n) is 1.42. The molecule has 6 heteroatoms. The lowest BCUT2D eigenvalue weighted by atomic mass is 10.3. The normalized spacial score (nSPS) is 10.5. The van der Waals surface area contributed by atoms with Crippen molar-refractivity contribution in [2.75, 3.05) is 5.73 Å². The van der Waals surface area contributed by atoms with Gasteiger partial charge in [0.2, 0.25) is 0 Å². The number of hydrogen-bond acceptors (Lipinski definition) is 3. The average molecular weight is 300 g/mol. The minimum absolute atomic E-state index is 0.257. The van der Waals surface area contributed by atoms with Gasteiger partial charge in [-0.2, -0.15) is 5.10 Å². The van der Waals surface area contributed by atoms with Crippen molar-refractivity contribution >= 4 is 21.6 Å². The molecular formula is C11H11BrFN3O. The Morgan fingerprint density at radius 2 is 2.29 bits per heavy atom. The third-order valence-corrected chi connectivity index (χ3v) is 2.76.